The molecule has 1 aromatic carbocycles. The molecule has 0 spiro atoms. The van der Waals surface area contributed by atoms with Gasteiger partial charge in [-0.25, -0.2) is 4.79 Å². The van der Waals surface area contributed by atoms with Gasteiger partial charge in [-0.1, -0.05) is 0 Å². The maximum absolute atomic E-state index is 12.2. The van der Waals surface area contributed by atoms with E-state index in [2.05, 4.69) is 15.9 Å². The first-order chi connectivity index (χ1) is 11.2. The second-order valence-corrected chi connectivity index (χ2v) is 6.68. The number of halogens is 1. The third-order valence-corrected chi connectivity index (χ3v) is 4.73. The van der Waals surface area contributed by atoms with Crippen LogP contribution in [0.3, 0.4) is 0 Å². The minimum atomic E-state index is -0.366. The molecule has 2 aliphatic rings. The summed E-state index contributed by atoms with van der Waals surface area (Å²) in [6.07, 6.45) is 4.24. The van der Waals surface area contributed by atoms with E-state index in [0.29, 0.717) is 29.0 Å². The van der Waals surface area contributed by atoms with Crippen LogP contribution in [0.5, 0.6) is 5.75 Å². The van der Waals surface area contributed by atoms with E-state index >= 15 is 0 Å². The second-order valence-electron chi connectivity index (χ2n) is 5.82. The van der Waals surface area contributed by atoms with Crippen LogP contribution >= 0.6 is 15.9 Å². The smallest absolute Gasteiger partial charge is 0.339 e. The summed E-state index contributed by atoms with van der Waals surface area (Å²) in [6.45, 7) is 2.35. The van der Waals surface area contributed by atoms with Crippen molar-refractivity contribution in [2.24, 2.45) is 0 Å². The Labute approximate surface area is 144 Å². The first-order valence-corrected chi connectivity index (χ1v) is 8.84. The molecule has 0 aromatic heterocycles. The van der Waals surface area contributed by atoms with Crippen LogP contribution in [-0.4, -0.2) is 44.6 Å². The van der Waals surface area contributed by atoms with Crippen molar-refractivity contribution in [3.05, 3.63) is 28.2 Å². The van der Waals surface area contributed by atoms with Crippen molar-refractivity contribution >= 4 is 21.9 Å². The number of carbonyl (C=O) groups excluding carboxylic acids is 1. The maximum atomic E-state index is 12.2. The number of rotatable bonds is 6. The molecule has 6 heteroatoms. The summed E-state index contributed by atoms with van der Waals surface area (Å²) in [5.41, 5.74) is 0.466. The normalized spacial score (nSPS) is 23.9. The monoisotopic (exact) mass is 384 g/mol. The lowest BCUT2D eigenvalue weighted by atomic mass is 10.2. The molecule has 2 aliphatic heterocycles. The molecule has 2 unspecified atom stereocenters. The van der Waals surface area contributed by atoms with E-state index in [9.17, 15) is 4.79 Å². The number of ether oxygens (including phenoxy) is 4. The van der Waals surface area contributed by atoms with Crippen molar-refractivity contribution < 1.29 is 23.7 Å². The highest BCUT2D eigenvalue weighted by Gasteiger charge is 2.20. The molecule has 0 N–H and O–H groups in total. The quantitative estimate of drug-likeness (QED) is 0.703. The van der Waals surface area contributed by atoms with Gasteiger partial charge >= 0.3 is 5.97 Å². The average Bonchev–Trinajstić information content (AvgIpc) is 3.25. The third kappa shape index (κ3) is 4.68. The largest absolute Gasteiger partial charge is 0.491 e. The summed E-state index contributed by atoms with van der Waals surface area (Å²) in [6, 6.07) is 5.33. The molecule has 23 heavy (non-hydrogen) atoms. The number of esters is 1. The number of hydrogen-bond donors (Lipinski definition) is 0. The Hall–Kier alpha value is -1.11. The van der Waals surface area contributed by atoms with Gasteiger partial charge in [0.15, 0.2) is 0 Å². The lowest BCUT2D eigenvalue weighted by molar-refractivity contribution is 0.0160. The van der Waals surface area contributed by atoms with Crippen molar-refractivity contribution in [2.45, 2.75) is 37.9 Å². The van der Waals surface area contributed by atoms with Crippen molar-refractivity contribution in [3.8, 4) is 5.75 Å². The van der Waals surface area contributed by atoms with Crippen molar-refractivity contribution in [1.82, 2.24) is 0 Å². The van der Waals surface area contributed by atoms with Crippen molar-refractivity contribution in [2.75, 3.05) is 26.4 Å². The molecular formula is C17H21BrO5. The van der Waals surface area contributed by atoms with E-state index in [1.165, 1.54) is 0 Å². The van der Waals surface area contributed by atoms with Gasteiger partial charge in [0.25, 0.3) is 0 Å². The molecule has 2 atom stereocenters. The van der Waals surface area contributed by atoms with Crippen molar-refractivity contribution in [3.63, 3.8) is 0 Å². The Kier molecular flexibility index (Phi) is 5.91. The van der Waals surface area contributed by atoms with Crippen LogP contribution in [-0.2, 0) is 14.2 Å². The lowest BCUT2D eigenvalue weighted by Crippen LogP contribution is -2.18. The predicted molar refractivity (Wildman–Crippen MR) is 87.9 cm³/mol. The first-order valence-electron chi connectivity index (χ1n) is 8.05. The van der Waals surface area contributed by atoms with E-state index in [1.54, 1.807) is 12.1 Å². The van der Waals surface area contributed by atoms with Crippen molar-refractivity contribution in [1.29, 1.82) is 0 Å². The summed E-state index contributed by atoms with van der Waals surface area (Å²) >= 11 is 3.39. The SMILES string of the molecule is O=C(OCC1CCCO1)c1cc(OCC2CCCO2)ccc1Br. The van der Waals surface area contributed by atoms with Gasteiger partial charge in [-0.05, 0) is 59.8 Å². The minimum Gasteiger partial charge on any atom is -0.491 e. The Morgan fingerprint density at radius 2 is 1.83 bits per heavy atom. The molecule has 3 rings (SSSR count). The topological polar surface area (TPSA) is 54.0 Å². The Morgan fingerprint density at radius 1 is 1.13 bits per heavy atom. The van der Waals surface area contributed by atoms with Gasteiger partial charge < -0.3 is 18.9 Å². The van der Waals surface area contributed by atoms with Gasteiger partial charge in [-0.2, -0.15) is 0 Å². The molecule has 2 fully saturated rings. The molecule has 2 saturated heterocycles. The zero-order valence-electron chi connectivity index (χ0n) is 13.0. The highest BCUT2D eigenvalue weighted by Crippen LogP contribution is 2.25. The first kappa shape index (κ1) is 16.7. The number of hydrogen-bond acceptors (Lipinski definition) is 5. The summed E-state index contributed by atoms with van der Waals surface area (Å²) in [5.74, 6) is 0.280. The molecule has 0 bridgehead atoms. The molecular weight excluding hydrogens is 364 g/mol. The fraction of sp³-hybridized carbons (Fsp3) is 0.588. The van der Waals surface area contributed by atoms with Crippen LogP contribution in [0, 0.1) is 0 Å². The molecule has 0 aliphatic carbocycles. The van der Waals surface area contributed by atoms with Gasteiger partial charge in [0.2, 0.25) is 0 Å². The summed E-state index contributed by atoms with van der Waals surface area (Å²) < 4.78 is 22.8. The molecule has 5 nitrogen and oxygen atoms in total. The zero-order chi connectivity index (χ0) is 16.1. The second kappa shape index (κ2) is 8.13. The highest BCUT2D eigenvalue weighted by molar-refractivity contribution is 9.10. The Balaban J connectivity index is 1.56. The fourth-order valence-electron chi connectivity index (χ4n) is 2.74. The van der Waals surface area contributed by atoms with Gasteiger partial charge in [-0.3, -0.25) is 0 Å². The maximum Gasteiger partial charge on any atom is 0.339 e. The van der Waals surface area contributed by atoms with Crippen LogP contribution in [0.15, 0.2) is 22.7 Å². The van der Waals surface area contributed by atoms with Gasteiger partial charge in [-0.15, -0.1) is 0 Å². The van der Waals surface area contributed by atoms with E-state index < -0.39 is 0 Å². The Morgan fingerprint density at radius 3 is 2.48 bits per heavy atom. The summed E-state index contributed by atoms with van der Waals surface area (Å²) in [7, 11) is 0. The molecule has 2 heterocycles. The molecule has 126 valence electrons. The van der Waals surface area contributed by atoms with E-state index in [1.807, 2.05) is 6.07 Å². The standard InChI is InChI=1S/C17H21BrO5/c18-16-6-5-12(22-10-13-3-1-7-20-13)9-15(16)17(19)23-11-14-4-2-8-21-14/h5-6,9,13-14H,1-4,7-8,10-11H2. The summed E-state index contributed by atoms with van der Waals surface area (Å²) in [5, 5.41) is 0. The number of carbonyl (C=O) groups is 1. The predicted octanol–water partition coefficient (Wildman–Crippen LogP) is 3.34. The fourth-order valence-corrected chi connectivity index (χ4v) is 3.15. The van der Waals surface area contributed by atoms with Crippen LogP contribution in [0.2, 0.25) is 0 Å². The lowest BCUT2D eigenvalue weighted by Gasteiger charge is -2.14. The van der Waals surface area contributed by atoms with Crippen LogP contribution < -0.4 is 4.74 Å². The third-order valence-electron chi connectivity index (χ3n) is 4.04. The highest BCUT2D eigenvalue weighted by atomic mass is 79.9. The number of benzene rings is 1. The molecule has 0 saturated carbocycles. The zero-order valence-corrected chi connectivity index (χ0v) is 14.5. The van der Waals surface area contributed by atoms with Gasteiger partial charge in [0, 0.05) is 17.7 Å². The Bertz CT molecular complexity index is 536. The average molecular weight is 385 g/mol. The molecule has 1 aromatic rings. The van der Waals surface area contributed by atoms with Crippen LogP contribution in [0.25, 0.3) is 0 Å². The van der Waals surface area contributed by atoms with Gasteiger partial charge in [0.05, 0.1) is 17.8 Å². The minimum absolute atomic E-state index is 0.0247. The van der Waals surface area contributed by atoms with E-state index in [4.69, 9.17) is 18.9 Å². The summed E-state index contributed by atoms with van der Waals surface area (Å²) in [4.78, 5) is 12.2. The van der Waals surface area contributed by atoms with Crippen LogP contribution in [0.4, 0.5) is 0 Å². The van der Waals surface area contributed by atoms with E-state index in [-0.39, 0.29) is 18.2 Å². The van der Waals surface area contributed by atoms with Gasteiger partial charge in [0.1, 0.15) is 19.0 Å². The molecule has 0 amide bonds. The molecule has 0 radical (unpaired) electrons. The van der Waals surface area contributed by atoms with Crippen LogP contribution in [0.1, 0.15) is 36.0 Å². The van der Waals surface area contributed by atoms with E-state index in [0.717, 1.165) is 38.9 Å².